The lowest BCUT2D eigenvalue weighted by Gasteiger charge is -2.38. The number of nitrogens with zero attached hydrogens (tertiary/aromatic N) is 4. The first-order valence-corrected chi connectivity index (χ1v) is 11.9. The maximum absolute atomic E-state index is 12.8. The molecule has 0 bridgehead atoms. The molecule has 1 atom stereocenters. The highest BCUT2D eigenvalue weighted by atomic mass is 16.2. The van der Waals surface area contributed by atoms with Gasteiger partial charge in [-0.05, 0) is 55.6 Å². The largest absolute Gasteiger partial charge is 0.354 e. The number of nitrogens with two attached hydrogens (primary N) is 1. The van der Waals surface area contributed by atoms with Crippen molar-refractivity contribution in [2.45, 2.75) is 45.3 Å². The van der Waals surface area contributed by atoms with Crippen molar-refractivity contribution < 1.29 is 4.79 Å². The van der Waals surface area contributed by atoms with Gasteiger partial charge in [-0.1, -0.05) is 26.0 Å². The van der Waals surface area contributed by atoms with E-state index in [4.69, 9.17) is 5.73 Å². The van der Waals surface area contributed by atoms with Gasteiger partial charge in [-0.25, -0.2) is 9.59 Å². The van der Waals surface area contributed by atoms with Crippen molar-refractivity contribution >= 4 is 11.8 Å². The number of hydrogen-bond donors (Lipinski definition) is 3. The molecule has 9 heteroatoms. The van der Waals surface area contributed by atoms with E-state index in [2.05, 4.69) is 34.4 Å². The number of carbonyl (C=O) groups is 1. The van der Waals surface area contributed by atoms with Gasteiger partial charge in [-0.3, -0.25) is 14.8 Å². The van der Waals surface area contributed by atoms with Gasteiger partial charge in [0.2, 0.25) is 0 Å². The summed E-state index contributed by atoms with van der Waals surface area (Å²) in [7, 11) is 0. The van der Waals surface area contributed by atoms with Crippen molar-refractivity contribution in [1.82, 2.24) is 24.7 Å². The van der Waals surface area contributed by atoms with Crippen LogP contribution in [0.25, 0.3) is 5.69 Å². The first kappa shape index (κ1) is 23.4. The summed E-state index contributed by atoms with van der Waals surface area (Å²) in [5, 5.41) is 6.12. The summed E-state index contributed by atoms with van der Waals surface area (Å²) >= 11 is 0. The van der Waals surface area contributed by atoms with Gasteiger partial charge in [-0.2, -0.15) is 4.98 Å². The quantitative estimate of drug-likeness (QED) is 0.635. The fraction of sp³-hybridized carbons (Fsp3) is 0.542. The molecule has 0 saturated carbocycles. The SMILES string of the molecule is CC(C)[C@H]1CNCCN1C(=O)Nc1ccn(-c2ccc(CN3CCC(N)CC3)cc2)c(=O)n1. The van der Waals surface area contributed by atoms with Crippen LogP contribution in [0.4, 0.5) is 10.6 Å². The van der Waals surface area contributed by atoms with E-state index in [-0.39, 0.29) is 17.9 Å². The average molecular weight is 454 g/mol. The molecule has 2 saturated heterocycles. The van der Waals surface area contributed by atoms with Gasteiger partial charge in [0.05, 0.1) is 5.69 Å². The number of urea groups is 1. The Bertz CT molecular complexity index is 997. The van der Waals surface area contributed by atoms with Gasteiger partial charge in [0.25, 0.3) is 0 Å². The molecule has 2 aliphatic heterocycles. The Labute approximate surface area is 195 Å². The number of rotatable bonds is 5. The molecule has 4 rings (SSSR count). The fourth-order valence-corrected chi connectivity index (χ4v) is 4.55. The summed E-state index contributed by atoms with van der Waals surface area (Å²) in [4.78, 5) is 33.8. The minimum Gasteiger partial charge on any atom is -0.328 e. The smallest absolute Gasteiger partial charge is 0.328 e. The van der Waals surface area contributed by atoms with Gasteiger partial charge in [0.1, 0.15) is 5.82 Å². The molecule has 0 unspecified atom stereocenters. The van der Waals surface area contributed by atoms with Crippen LogP contribution < -0.4 is 22.1 Å². The number of nitrogens with one attached hydrogen (secondary N) is 2. The zero-order chi connectivity index (χ0) is 23.4. The number of benzene rings is 1. The van der Waals surface area contributed by atoms with Crippen molar-refractivity contribution in [2.24, 2.45) is 11.7 Å². The Morgan fingerprint density at radius 2 is 1.91 bits per heavy atom. The number of aromatic nitrogens is 2. The maximum Gasteiger partial charge on any atom is 0.354 e. The molecule has 178 valence electrons. The van der Waals surface area contributed by atoms with Crippen LogP contribution in [0.15, 0.2) is 41.3 Å². The Balaban J connectivity index is 1.40. The molecule has 1 aromatic heterocycles. The molecule has 4 N–H and O–H groups in total. The molecular formula is C24H35N7O2. The highest BCUT2D eigenvalue weighted by Crippen LogP contribution is 2.16. The number of carbonyl (C=O) groups excluding carboxylic acids is 1. The minimum atomic E-state index is -0.425. The van der Waals surface area contributed by atoms with E-state index in [1.165, 1.54) is 10.1 Å². The number of hydrogen-bond acceptors (Lipinski definition) is 6. The molecule has 9 nitrogen and oxygen atoms in total. The molecule has 3 heterocycles. The Morgan fingerprint density at radius 3 is 2.58 bits per heavy atom. The second-order valence-corrected chi connectivity index (χ2v) is 9.38. The standard InChI is InChI=1S/C24H35N7O2/c1-17(2)21-15-26-10-14-31(21)24(33)28-22-9-13-30(23(32)27-22)20-5-3-18(4-6-20)16-29-11-7-19(25)8-12-29/h3-6,9,13,17,19,21,26H,7-8,10-12,14-16,25H2,1-2H3,(H,27,28,32,33)/t21-/m1/s1. The van der Waals surface area contributed by atoms with E-state index in [1.54, 1.807) is 12.3 Å². The second kappa shape index (κ2) is 10.5. The molecule has 0 spiro atoms. The summed E-state index contributed by atoms with van der Waals surface area (Å²) < 4.78 is 1.49. The Morgan fingerprint density at radius 1 is 1.18 bits per heavy atom. The zero-order valence-electron chi connectivity index (χ0n) is 19.5. The van der Waals surface area contributed by atoms with Crippen LogP contribution in [0.1, 0.15) is 32.3 Å². The number of likely N-dealkylation sites (tertiary alicyclic amines) is 1. The number of piperazine rings is 1. The van der Waals surface area contributed by atoms with Crippen LogP contribution in [0, 0.1) is 5.92 Å². The normalized spacial score (nSPS) is 20.2. The van der Waals surface area contributed by atoms with Crippen molar-refractivity contribution in [3.63, 3.8) is 0 Å². The van der Waals surface area contributed by atoms with E-state index in [0.29, 0.717) is 18.5 Å². The van der Waals surface area contributed by atoms with Gasteiger partial charge < -0.3 is 16.0 Å². The van der Waals surface area contributed by atoms with Crippen LogP contribution >= 0.6 is 0 Å². The molecule has 33 heavy (non-hydrogen) atoms. The summed E-state index contributed by atoms with van der Waals surface area (Å²) in [6.45, 7) is 9.27. The predicted octanol–water partition coefficient (Wildman–Crippen LogP) is 1.62. The molecule has 2 amide bonds. The van der Waals surface area contributed by atoms with Gasteiger partial charge in [-0.15, -0.1) is 0 Å². The first-order valence-electron chi connectivity index (χ1n) is 11.9. The monoisotopic (exact) mass is 453 g/mol. The van der Waals surface area contributed by atoms with Crippen LogP contribution in [0.5, 0.6) is 0 Å². The Kier molecular flexibility index (Phi) is 7.42. The second-order valence-electron chi connectivity index (χ2n) is 9.38. The van der Waals surface area contributed by atoms with Crippen LogP contribution in [0.2, 0.25) is 0 Å². The molecule has 0 aliphatic carbocycles. The average Bonchev–Trinajstić information content (AvgIpc) is 2.81. The third-order valence-corrected chi connectivity index (χ3v) is 6.61. The molecule has 1 aromatic carbocycles. The lowest BCUT2D eigenvalue weighted by molar-refractivity contribution is 0.147. The molecule has 2 fully saturated rings. The van der Waals surface area contributed by atoms with Gasteiger partial charge >= 0.3 is 11.7 Å². The summed E-state index contributed by atoms with van der Waals surface area (Å²) in [5.41, 5.74) is 7.51. The van der Waals surface area contributed by atoms with E-state index in [9.17, 15) is 9.59 Å². The number of piperidine rings is 1. The van der Waals surface area contributed by atoms with Crippen molar-refractivity contribution in [2.75, 3.05) is 38.0 Å². The van der Waals surface area contributed by atoms with E-state index >= 15 is 0 Å². The van der Waals surface area contributed by atoms with E-state index in [0.717, 1.165) is 51.3 Å². The minimum absolute atomic E-state index is 0.110. The lowest BCUT2D eigenvalue weighted by Crippen LogP contribution is -2.56. The van der Waals surface area contributed by atoms with Crippen LogP contribution in [0.3, 0.4) is 0 Å². The number of anilines is 1. The van der Waals surface area contributed by atoms with Crippen molar-refractivity contribution in [3.05, 3.63) is 52.6 Å². The molecular weight excluding hydrogens is 418 g/mol. The summed E-state index contributed by atoms with van der Waals surface area (Å²) in [6.07, 6.45) is 3.73. The molecule has 2 aliphatic rings. The molecule has 0 radical (unpaired) electrons. The third-order valence-electron chi connectivity index (χ3n) is 6.61. The summed E-state index contributed by atoms with van der Waals surface area (Å²) in [5.74, 6) is 0.599. The van der Waals surface area contributed by atoms with E-state index < -0.39 is 5.69 Å². The van der Waals surface area contributed by atoms with Gasteiger partial charge in [0.15, 0.2) is 0 Å². The van der Waals surface area contributed by atoms with Crippen LogP contribution in [-0.4, -0.2) is 70.2 Å². The molecule has 2 aromatic rings. The highest BCUT2D eigenvalue weighted by Gasteiger charge is 2.29. The van der Waals surface area contributed by atoms with E-state index in [1.807, 2.05) is 29.2 Å². The zero-order valence-corrected chi connectivity index (χ0v) is 19.5. The first-order chi connectivity index (χ1) is 15.9. The number of amides is 2. The Hall–Kier alpha value is -2.75. The topological polar surface area (TPSA) is 109 Å². The third kappa shape index (κ3) is 5.79. The fourth-order valence-electron chi connectivity index (χ4n) is 4.55. The van der Waals surface area contributed by atoms with Crippen LogP contribution in [-0.2, 0) is 6.54 Å². The maximum atomic E-state index is 12.8. The lowest BCUT2D eigenvalue weighted by atomic mass is 10.0. The highest BCUT2D eigenvalue weighted by molar-refractivity contribution is 5.88. The van der Waals surface area contributed by atoms with Crippen molar-refractivity contribution in [3.8, 4) is 5.69 Å². The van der Waals surface area contributed by atoms with Gasteiger partial charge in [0, 0.05) is 44.5 Å². The van der Waals surface area contributed by atoms with Crippen molar-refractivity contribution in [1.29, 1.82) is 0 Å². The summed E-state index contributed by atoms with van der Waals surface area (Å²) in [6, 6.07) is 9.83. The predicted molar refractivity (Wildman–Crippen MR) is 130 cm³/mol.